The van der Waals surface area contributed by atoms with Crippen LogP contribution < -0.4 is 0 Å². The molecular formula is C12H20. The first kappa shape index (κ1) is 9.57. The van der Waals surface area contributed by atoms with Gasteiger partial charge in [-0.25, -0.2) is 0 Å². The standard InChI is InChI=1S/C12H20/c1-8(2)11-6-10(5)12(7-11)9(3)4/h7-9H,6H2,1-5H3. The van der Waals surface area contributed by atoms with E-state index in [-0.39, 0.29) is 0 Å². The molecule has 0 saturated carbocycles. The first-order valence-corrected chi connectivity index (χ1v) is 4.92. The average Bonchev–Trinajstić information content (AvgIpc) is 2.30. The summed E-state index contributed by atoms with van der Waals surface area (Å²) in [5, 5.41) is 0. The van der Waals surface area contributed by atoms with Gasteiger partial charge in [0, 0.05) is 0 Å². The number of hydrogen-bond acceptors (Lipinski definition) is 0. The van der Waals surface area contributed by atoms with Crippen molar-refractivity contribution < 1.29 is 0 Å². The Labute approximate surface area is 76.4 Å². The summed E-state index contributed by atoms with van der Waals surface area (Å²) in [7, 11) is 0. The Kier molecular flexibility index (Phi) is 2.76. The first-order valence-electron chi connectivity index (χ1n) is 4.92. The van der Waals surface area contributed by atoms with Gasteiger partial charge in [-0.2, -0.15) is 0 Å². The van der Waals surface area contributed by atoms with E-state index in [0.717, 1.165) is 5.92 Å². The highest BCUT2D eigenvalue weighted by molar-refractivity contribution is 5.39. The Bertz CT molecular complexity index is 226. The van der Waals surface area contributed by atoms with E-state index in [1.807, 2.05) is 0 Å². The molecule has 0 heterocycles. The van der Waals surface area contributed by atoms with Crippen molar-refractivity contribution in [2.75, 3.05) is 0 Å². The lowest BCUT2D eigenvalue weighted by Crippen LogP contribution is -1.90. The van der Waals surface area contributed by atoms with Crippen molar-refractivity contribution in [1.82, 2.24) is 0 Å². The lowest BCUT2D eigenvalue weighted by molar-refractivity contribution is 0.746. The summed E-state index contributed by atoms with van der Waals surface area (Å²) >= 11 is 0. The van der Waals surface area contributed by atoms with Gasteiger partial charge in [0.05, 0.1) is 0 Å². The summed E-state index contributed by atoms with van der Waals surface area (Å²) in [5.41, 5.74) is 4.75. The van der Waals surface area contributed by atoms with Crippen molar-refractivity contribution in [2.45, 2.75) is 41.0 Å². The van der Waals surface area contributed by atoms with Crippen LogP contribution in [-0.2, 0) is 0 Å². The maximum Gasteiger partial charge on any atom is -0.00995 e. The molecule has 68 valence electrons. The largest absolute Gasteiger partial charge is 0.0658 e. The fourth-order valence-electron chi connectivity index (χ4n) is 1.81. The van der Waals surface area contributed by atoms with E-state index in [0.29, 0.717) is 5.92 Å². The fourth-order valence-corrected chi connectivity index (χ4v) is 1.81. The maximum atomic E-state index is 2.41. The molecule has 12 heavy (non-hydrogen) atoms. The molecule has 0 amide bonds. The van der Waals surface area contributed by atoms with Crippen LogP contribution in [-0.4, -0.2) is 0 Å². The maximum absolute atomic E-state index is 2.41. The molecule has 0 radical (unpaired) electrons. The van der Waals surface area contributed by atoms with Crippen LogP contribution in [0.2, 0.25) is 0 Å². The Morgan fingerprint density at radius 1 is 1.08 bits per heavy atom. The Balaban J connectivity index is 2.79. The van der Waals surface area contributed by atoms with E-state index in [4.69, 9.17) is 0 Å². The second-order valence-electron chi connectivity index (χ2n) is 4.44. The molecule has 0 aromatic heterocycles. The van der Waals surface area contributed by atoms with Crippen LogP contribution in [0.5, 0.6) is 0 Å². The molecule has 0 atom stereocenters. The van der Waals surface area contributed by atoms with Gasteiger partial charge in [-0.3, -0.25) is 0 Å². The smallest absolute Gasteiger partial charge is 0.00995 e. The van der Waals surface area contributed by atoms with Gasteiger partial charge in [-0.05, 0) is 30.8 Å². The average molecular weight is 164 g/mol. The van der Waals surface area contributed by atoms with Crippen LogP contribution in [0.1, 0.15) is 41.0 Å². The van der Waals surface area contributed by atoms with Gasteiger partial charge in [0.25, 0.3) is 0 Å². The first-order chi connectivity index (χ1) is 5.52. The fraction of sp³-hybridized carbons (Fsp3) is 0.667. The summed E-state index contributed by atoms with van der Waals surface area (Å²) in [4.78, 5) is 0. The van der Waals surface area contributed by atoms with Gasteiger partial charge >= 0.3 is 0 Å². The minimum atomic E-state index is 0.696. The minimum absolute atomic E-state index is 0.696. The Hall–Kier alpha value is -0.520. The molecule has 0 nitrogen and oxygen atoms in total. The van der Waals surface area contributed by atoms with Gasteiger partial charge in [0.2, 0.25) is 0 Å². The zero-order chi connectivity index (χ0) is 9.30. The van der Waals surface area contributed by atoms with Crippen LogP contribution in [0.15, 0.2) is 22.8 Å². The molecule has 0 bridgehead atoms. The predicted octanol–water partition coefficient (Wildman–Crippen LogP) is 3.95. The molecule has 0 aromatic carbocycles. The Morgan fingerprint density at radius 2 is 1.67 bits per heavy atom. The van der Waals surface area contributed by atoms with Crippen LogP contribution >= 0.6 is 0 Å². The molecule has 1 aliphatic carbocycles. The topological polar surface area (TPSA) is 0 Å². The third-order valence-electron chi connectivity index (χ3n) is 2.67. The summed E-state index contributed by atoms with van der Waals surface area (Å²) in [5.74, 6) is 1.41. The zero-order valence-corrected chi connectivity index (χ0v) is 8.94. The van der Waals surface area contributed by atoms with Crippen molar-refractivity contribution >= 4 is 0 Å². The number of rotatable bonds is 2. The Morgan fingerprint density at radius 3 is 1.92 bits per heavy atom. The SMILES string of the molecule is CC1=C(C(C)C)C=C(C(C)C)C1. The van der Waals surface area contributed by atoms with Crippen molar-refractivity contribution in [3.63, 3.8) is 0 Å². The molecule has 0 aliphatic heterocycles. The summed E-state index contributed by atoms with van der Waals surface area (Å²) < 4.78 is 0. The molecule has 1 rings (SSSR count). The molecule has 0 saturated heterocycles. The number of allylic oxidation sites excluding steroid dienone is 4. The third kappa shape index (κ3) is 1.80. The second kappa shape index (κ2) is 3.47. The second-order valence-corrected chi connectivity index (χ2v) is 4.44. The van der Waals surface area contributed by atoms with E-state index in [2.05, 4.69) is 40.7 Å². The molecular weight excluding hydrogens is 144 g/mol. The predicted molar refractivity (Wildman–Crippen MR) is 55.1 cm³/mol. The van der Waals surface area contributed by atoms with E-state index in [1.165, 1.54) is 6.42 Å². The lowest BCUT2D eigenvalue weighted by atomic mass is 10.0. The van der Waals surface area contributed by atoms with Crippen molar-refractivity contribution in [3.8, 4) is 0 Å². The van der Waals surface area contributed by atoms with Crippen LogP contribution in [0, 0.1) is 11.8 Å². The third-order valence-corrected chi connectivity index (χ3v) is 2.67. The van der Waals surface area contributed by atoms with E-state index < -0.39 is 0 Å². The highest BCUT2D eigenvalue weighted by Gasteiger charge is 2.16. The summed E-state index contributed by atoms with van der Waals surface area (Å²) in [6, 6.07) is 0. The molecule has 0 unspecified atom stereocenters. The van der Waals surface area contributed by atoms with Gasteiger partial charge in [0.15, 0.2) is 0 Å². The van der Waals surface area contributed by atoms with Crippen LogP contribution in [0.25, 0.3) is 0 Å². The van der Waals surface area contributed by atoms with Gasteiger partial charge in [0.1, 0.15) is 0 Å². The summed E-state index contributed by atoms with van der Waals surface area (Å²) in [6.07, 6.45) is 3.62. The van der Waals surface area contributed by atoms with Crippen molar-refractivity contribution in [3.05, 3.63) is 22.8 Å². The molecule has 0 aromatic rings. The van der Waals surface area contributed by atoms with Crippen LogP contribution in [0.4, 0.5) is 0 Å². The van der Waals surface area contributed by atoms with E-state index >= 15 is 0 Å². The molecule has 0 heteroatoms. The molecule has 0 fully saturated rings. The zero-order valence-electron chi connectivity index (χ0n) is 8.94. The van der Waals surface area contributed by atoms with Crippen molar-refractivity contribution in [1.29, 1.82) is 0 Å². The van der Waals surface area contributed by atoms with E-state index in [1.54, 1.807) is 16.7 Å². The van der Waals surface area contributed by atoms with Crippen molar-refractivity contribution in [2.24, 2.45) is 11.8 Å². The summed E-state index contributed by atoms with van der Waals surface area (Å²) in [6.45, 7) is 11.4. The molecule has 0 N–H and O–H groups in total. The quantitative estimate of drug-likeness (QED) is 0.580. The molecule has 1 aliphatic rings. The lowest BCUT2D eigenvalue weighted by Gasteiger charge is -2.04. The van der Waals surface area contributed by atoms with E-state index in [9.17, 15) is 0 Å². The highest BCUT2D eigenvalue weighted by atomic mass is 14.2. The van der Waals surface area contributed by atoms with Gasteiger partial charge in [-0.1, -0.05) is 44.9 Å². The minimum Gasteiger partial charge on any atom is -0.0658 e. The molecule has 0 spiro atoms. The van der Waals surface area contributed by atoms with Crippen LogP contribution in [0.3, 0.4) is 0 Å². The number of hydrogen-bond donors (Lipinski definition) is 0. The monoisotopic (exact) mass is 164 g/mol. The van der Waals surface area contributed by atoms with Gasteiger partial charge < -0.3 is 0 Å². The highest BCUT2D eigenvalue weighted by Crippen LogP contribution is 2.33. The van der Waals surface area contributed by atoms with Gasteiger partial charge in [-0.15, -0.1) is 0 Å². The normalized spacial score (nSPS) is 18.1.